The average Bonchev–Trinajstić information content (AvgIpc) is 2.30. The highest BCUT2D eigenvalue weighted by Crippen LogP contribution is 2.45. The third-order valence-electron chi connectivity index (χ3n) is 3.43. The van der Waals surface area contributed by atoms with Crippen LogP contribution in [0.5, 0.6) is 0 Å². The van der Waals surface area contributed by atoms with E-state index in [-0.39, 0.29) is 11.5 Å². The molecule has 0 bridgehead atoms. The Bertz CT molecular complexity index is 354. The third kappa shape index (κ3) is 2.88. The Morgan fingerprint density at radius 1 is 1.29 bits per heavy atom. The predicted octanol–water partition coefficient (Wildman–Crippen LogP) is 3.36. The van der Waals surface area contributed by atoms with Crippen molar-refractivity contribution < 1.29 is 9.47 Å². The van der Waals surface area contributed by atoms with E-state index in [2.05, 4.69) is 38.1 Å². The Hall–Kier alpha value is -0.860. The van der Waals surface area contributed by atoms with E-state index in [0.717, 1.165) is 26.1 Å². The lowest BCUT2D eigenvalue weighted by Gasteiger charge is -2.44. The Morgan fingerprint density at radius 2 is 2.00 bits per heavy atom. The van der Waals surface area contributed by atoms with Crippen LogP contribution < -0.4 is 0 Å². The van der Waals surface area contributed by atoms with Gasteiger partial charge in [-0.3, -0.25) is 0 Å². The van der Waals surface area contributed by atoms with Gasteiger partial charge >= 0.3 is 0 Å². The zero-order valence-electron chi connectivity index (χ0n) is 11.0. The first-order valence-electron chi connectivity index (χ1n) is 6.33. The van der Waals surface area contributed by atoms with Crippen molar-refractivity contribution in [2.45, 2.75) is 32.8 Å². The topological polar surface area (TPSA) is 18.5 Å². The molecule has 0 spiro atoms. The predicted molar refractivity (Wildman–Crippen MR) is 69.1 cm³/mol. The Kier molecular flexibility index (Phi) is 3.85. The molecule has 1 aliphatic heterocycles. The smallest absolute Gasteiger partial charge is 0.0898 e. The third-order valence-corrected chi connectivity index (χ3v) is 3.43. The monoisotopic (exact) mass is 234 g/mol. The molecule has 1 aromatic carbocycles. The van der Waals surface area contributed by atoms with Crippen LogP contribution in [0.3, 0.4) is 0 Å². The fraction of sp³-hybridized carbons (Fsp3) is 0.600. The van der Waals surface area contributed by atoms with Crippen molar-refractivity contribution in [2.24, 2.45) is 5.41 Å². The fourth-order valence-electron chi connectivity index (χ4n) is 2.33. The molecule has 1 unspecified atom stereocenters. The fourth-order valence-corrected chi connectivity index (χ4v) is 2.33. The van der Waals surface area contributed by atoms with E-state index in [9.17, 15) is 0 Å². The second kappa shape index (κ2) is 5.19. The normalized spacial score (nSPS) is 22.2. The zero-order valence-corrected chi connectivity index (χ0v) is 11.0. The van der Waals surface area contributed by atoms with Crippen molar-refractivity contribution in [1.82, 2.24) is 0 Å². The van der Waals surface area contributed by atoms with E-state index in [1.807, 2.05) is 0 Å². The minimum Gasteiger partial charge on any atom is -0.385 e. The highest BCUT2D eigenvalue weighted by molar-refractivity contribution is 5.26. The summed E-state index contributed by atoms with van der Waals surface area (Å²) in [7, 11) is 1.75. The Morgan fingerprint density at radius 3 is 2.47 bits per heavy atom. The molecule has 0 N–H and O–H groups in total. The Labute approximate surface area is 104 Å². The lowest BCUT2D eigenvalue weighted by molar-refractivity contribution is -0.172. The number of methoxy groups -OCH3 is 1. The van der Waals surface area contributed by atoms with Crippen LogP contribution in [0.15, 0.2) is 24.3 Å². The maximum atomic E-state index is 5.65. The van der Waals surface area contributed by atoms with Gasteiger partial charge in [0.15, 0.2) is 0 Å². The van der Waals surface area contributed by atoms with E-state index in [1.54, 1.807) is 7.11 Å². The molecule has 1 heterocycles. The van der Waals surface area contributed by atoms with Gasteiger partial charge in [0.25, 0.3) is 0 Å². The van der Waals surface area contributed by atoms with E-state index in [4.69, 9.17) is 9.47 Å². The molecular formula is C15H22O2. The molecule has 1 saturated heterocycles. The lowest BCUT2D eigenvalue weighted by atomic mass is 9.78. The molecule has 0 aliphatic carbocycles. The van der Waals surface area contributed by atoms with Gasteiger partial charge in [-0.1, -0.05) is 38.1 Å². The van der Waals surface area contributed by atoms with E-state index in [1.165, 1.54) is 11.1 Å². The summed E-state index contributed by atoms with van der Waals surface area (Å²) in [6.45, 7) is 6.22. The van der Waals surface area contributed by atoms with Crippen LogP contribution >= 0.6 is 0 Å². The molecular weight excluding hydrogens is 212 g/mol. The number of hydrogen-bond acceptors (Lipinski definition) is 2. The number of ether oxygens (including phenoxy) is 2. The van der Waals surface area contributed by atoms with Gasteiger partial charge in [-0.2, -0.15) is 0 Å². The number of aryl methyl sites for hydroxylation is 1. The average molecular weight is 234 g/mol. The van der Waals surface area contributed by atoms with Gasteiger partial charge < -0.3 is 9.47 Å². The quantitative estimate of drug-likeness (QED) is 0.727. The minimum atomic E-state index is 0.274. The molecule has 1 atom stereocenters. The molecule has 0 amide bonds. The highest BCUT2D eigenvalue weighted by atomic mass is 16.5. The van der Waals surface area contributed by atoms with E-state index < -0.39 is 0 Å². The van der Waals surface area contributed by atoms with Gasteiger partial charge in [-0.25, -0.2) is 0 Å². The van der Waals surface area contributed by atoms with Gasteiger partial charge in [-0.05, 0) is 24.0 Å². The van der Waals surface area contributed by atoms with Crippen LogP contribution in [0.25, 0.3) is 0 Å². The SMILES string of the molecule is COCCCc1ccc(C2OCC2(C)C)cc1. The number of benzene rings is 1. The van der Waals surface area contributed by atoms with Crippen LogP contribution in [0, 0.1) is 5.41 Å². The maximum absolute atomic E-state index is 5.65. The van der Waals surface area contributed by atoms with Crippen molar-refractivity contribution in [3.8, 4) is 0 Å². The molecule has 17 heavy (non-hydrogen) atoms. The van der Waals surface area contributed by atoms with Crippen LogP contribution in [-0.2, 0) is 15.9 Å². The van der Waals surface area contributed by atoms with Crippen LogP contribution in [0.4, 0.5) is 0 Å². The molecule has 0 radical (unpaired) electrons. The summed E-state index contributed by atoms with van der Waals surface area (Å²) in [5.41, 5.74) is 2.97. The van der Waals surface area contributed by atoms with Gasteiger partial charge in [0, 0.05) is 19.1 Å². The van der Waals surface area contributed by atoms with E-state index in [0.29, 0.717) is 0 Å². The zero-order chi connectivity index (χ0) is 12.3. The number of rotatable bonds is 5. The van der Waals surface area contributed by atoms with Crippen molar-refractivity contribution in [2.75, 3.05) is 20.3 Å². The summed E-state index contributed by atoms with van der Waals surface area (Å²) < 4.78 is 10.7. The van der Waals surface area contributed by atoms with Crippen molar-refractivity contribution in [3.05, 3.63) is 35.4 Å². The first-order chi connectivity index (χ1) is 8.13. The number of hydrogen-bond donors (Lipinski definition) is 0. The van der Waals surface area contributed by atoms with Crippen LogP contribution in [0.2, 0.25) is 0 Å². The molecule has 2 heteroatoms. The standard InChI is InChI=1S/C15H22O2/c1-15(2)11-17-14(15)13-8-6-12(7-9-13)5-4-10-16-3/h6-9,14H,4-5,10-11H2,1-3H3. The van der Waals surface area contributed by atoms with Crippen LogP contribution in [-0.4, -0.2) is 20.3 Å². The maximum Gasteiger partial charge on any atom is 0.0898 e. The second-order valence-corrected chi connectivity index (χ2v) is 5.52. The first kappa shape index (κ1) is 12.6. The molecule has 94 valence electrons. The van der Waals surface area contributed by atoms with Gasteiger partial charge in [0.2, 0.25) is 0 Å². The summed E-state index contributed by atoms with van der Waals surface area (Å²) in [4.78, 5) is 0. The molecule has 1 fully saturated rings. The first-order valence-corrected chi connectivity index (χ1v) is 6.33. The molecule has 1 aromatic rings. The molecule has 0 saturated carbocycles. The Balaban J connectivity index is 1.94. The van der Waals surface area contributed by atoms with Crippen LogP contribution in [0.1, 0.15) is 37.5 Å². The summed E-state index contributed by atoms with van der Waals surface area (Å²) in [6, 6.07) is 8.83. The van der Waals surface area contributed by atoms with Gasteiger partial charge in [-0.15, -0.1) is 0 Å². The summed E-state index contributed by atoms with van der Waals surface area (Å²) in [5.74, 6) is 0. The lowest BCUT2D eigenvalue weighted by Crippen LogP contribution is -2.40. The second-order valence-electron chi connectivity index (χ2n) is 5.52. The van der Waals surface area contributed by atoms with Crippen molar-refractivity contribution in [3.63, 3.8) is 0 Å². The summed E-state index contributed by atoms with van der Waals surface area (Å²) in [5, 5.41) is 0. The van der Waals surface area contributed by atoms with Crippen molar-refractivity contribution >= 4 is 0 Å². The largest absolute Gasteiger partial charge is 0.385 e. The molecule has 1 aliphatic rings. The summed E-state index contributed by atoms with van der Waals surface area (Å²) in [6.07, 6.45) is 2.44. The van der Waals surface area contributed by atoms with E-state index >= 15 is 0 Å². The molecule has 2 nitrogen and oxygen atoms in total. The van der Waals surface area contributed by atoms with Gasteiger partial charge in [0.1, 0.15) is 0 Å². The summed E-state index contributed by atoms with van der Waals surface area (Å²) >= 11 is 0. The minimum absolute atomic E-state index is 0.274. The highest BCUT2D eigenvalue weighted by Gasteiger charge is 2.40. The van der Waals surface area contributed by atoms with Gasteiger partial charge in [0.05, 0.1) is 12.7 Å². The molecule has 0 aromatic heterocycles. The molecule has 2 rings (SSSR count). The van der Waals surface area contributed by atoms with Crippen molar-refractivity contribution in [1.29, 1.82) is 0 Å².